The summed E-state index contributed by atoms with van der Waals surface area (Å²) in [5.74, 6) is -0.252. The fourth-order valence-corrected chi connectivity index (χ4v) is 2.74. The first-order valence-electron chi connectivity index (χ1n) is 6.10. The van der Waals surface area contributed by atoms with Crippen LogP contribution in [0.2, 0.25) is 0 Å². The molecular formula is C16H15FOS. The molecule has 0 aliphatic carbocycles. The molecular weight excluding hydrogens is 259 g/mol. The first-order valence-corrected chi connectivity index (χ1v) is 6.98. The molecule has 0 heterocycles. The van der Waals surface area contributed by atoms with Crippen LogP contribution in [0.25, 0.3) is 0 Å². The van der Waals surface area contributed by atoms with E-state index in [0.29, 0.717) is 6.42 Å². The number of halogens is 1. The molecule has 2 aromatic rings. The van der Waals surface area contributed by atoms with Gasteiger partial charge in [0.2, 0.25) is 0 Å². The Morgan fingerprint density at radius 2 is 1.74 bits per heavy atom. The lowest BCUT2D eigenvalue weighted by Crippen LogP contribution is -2.08. The summed E-state index contributed by atoms with van der Waals surface area (Å²) < 4.78 is 12.8. The fourth-order valence-electron chi connectivity index (χ4n) is 1.76. The number of benzene rings is 2. The number of hydrogen-bond donors (Lipinski definition) is 0. The summed E-state index contributed by atoms with van der Waals surface area (Å²) in [5, 5.41) is -0.145. The summed E-state index contributed by atoms with van der Waals surface area (Å²) in [4.78, 5) is 12.2. The van der Waals surface area contributed by atoms with Gasteiger partial charge in [-0.2, -0.15) is 0 Å². The highest BCUT2D eigenvalue weighted by molar-refractivity contribution is 8.00. The molecule has 2 rings (SSSR count). The summed E-state index contributed by atoms with van der Waals surface area (Å²) in [6.07, 6.45) is 1.57. The van der Waals surface area contributed by atoms with Crippen LogP contribution in [0.3, 0.4) is 0 Å². The Morgan fingerprint density at radius 1 is 1.11 bits per heavy atom. The summed E-state index contributed by atoms with van der Waals surface area (Å²) in [7, 11) is 0. The second-order valence-electron chi connectivity index (χ2n) is 4.44. The van der Waals surface area contributed by atoms with Crippen LogP contribution >= 0.6 is 11.8 Å². The molecule has 0 saturated carbocycles. The molecule has 2 aromatic carbocycles. The Morgan fingerprint density at radius 3 is 2.32 bits per heavy atom. The maximum Gasteiger partial charge on any atom is 0.133 e. The third kappa shape index (κ3) is 4.21. The molecule has 19 heavy (non-hydrogen) atoms. The quantitative estimate of drug-likeness (QED) is 0.604. The molecule has 0 radical (unpaired) electrons. The van der Waals surface area contributed by atoms with E-state index >= 15 is 0 Å². The fraction of sp³-hybridized carbons (Fsp3) is 0.188. The Kier molecular flexibility index (Phi) is 4.74. The van der Waals surface area contributed by atoms with E-state index in [1.165, 1.54) is 29.5 Å². The van der Waals surface area contributed by atoms with Crippen molar-refractivity contribution in [2.75, 3.05) is 0 Å². The minimum absolute atomic E-state index is 0.145. The Hall–Kier alpha value is -1.61. The van der Waals surface area contributed by atoms with E-state index in [0.717, 1.165) is 16.7 Å². The van der Waals surface area contributed by atoms with Crippen molar-refractivity contribution < 1.29 is 9.18 Å². The summed E-state index contributed by atoms with van der Waals surface area (Å²) in [6.45, 7) is 2.03. The van der Waals surface area contributed by atoms with Gasteiger partial charge in [0, 0.05) is 4.90 Å². The minimum atomic E-state index is -0.252. The topological polar surface area (TPSA) is 17.1 Å². The molecule has 0 spiro atoms. The molecule has 0 amide bonds. The smallest absolute Gasteiger partial charge is 0.133 e. The molecule has 0 aromatic heterocycles. The standard InChI is InChI=1S/C16H15FOS/c1-12-2-8-15(9-3-12)19-16(11-18)10-13-4-6-14(17)7-5-13/h2-9,11,16H,10H2,1H3. The minimum Gasteiger partial charge on any atom is -0.302 e. The van der Waals surface area contributed by atoms with E-state index < -0.39 is 0 Å². The highest BCUT2D eigenvalue weighted by Gasteiger charge is 2.10. The predicted molar refractivity (Wildman–Crippen MR) is 77.0 cm³/mol. The van der Waals surface area contributed by atoms with Crippen LogP contribution in [0.15, 0.2) is 53.4 Å². The number of aryl methyl sites for hydroxylation is 1. The molecule has 0 aliphatic heterocycles. The monoisotopic (exact) mass is 274 g/mol. The van der Waals surface area contributed by atoms with Crippen LogP contribution in [0.1, 0.15) is 11.1 Å². The average Bonchev–Trinajstić information content (AvgIpc) is 2.43. The van der Waals surface area contributed by atoms with E-state index in [1.54, 1.807) is 12.1 Å². The second-order valence-corrected chi connectivity index (χ2v) is 5.75. The van der Waals surface area contributed by atoms with Crippen LogP contribution in [-0.2, 0) is 11.2 Å². The summed E-state index contributed by atoms with van der Waals surface area (Å²) in [6, 6.07) is 14.4. The van der Waals surface area contributed by atoms with Gasteiger partial charge in [-0.05, 0) is 43.2 Å². The van der Waals surface area contributed by atoms with Gasteiger partial charge in [-0.3, -0.25) is 0 Å². The molecule has 1 atom stereocenters. The van der Waals surface area contributed by atoms with E-state index in [-0.39, 0.29) is 11.1 Å². The average molecular weight is 274 g/mol. The van der Waals surface area contributed by atoms with Gasteiger partial charge in [0.15, 0.2) is 0 Å². The van der Waals surface area contributed by atoms with Gasteiger partial charge in [-0.15, -0.1) is 11.8 Å². The van der Waals surface area contributed by atoms with E-state index in [9.17, 15) is 9.18 Å². The van der Waals surface area contributed by atoms with Crippen LogP contribution in [0, 0.1) is 12.7 Å². The van der Waals surface area contributed by atoms with Crippen molar-refractivity contribution in [2.45, 2.75) is 23.5 Å². The Bertz CT molecular complexity index is 486. The first-order chi connectivity index (χ1) is 9.17. The maximum absolute atomic E-state index is 12.8. The normalized spacial score (nSPS) is 12.1. The lowest BCUT2D eigenvalue weighted by Gasteiger charge is -2.10. The molecule has 3 heteroatoms. The summed E-state index contributed by atoms with van der Waals surface area (Å²) in [5.41, 5.74) is 2.17. The lowest BCUT2D eigenvalue weighted by molar-refractivity contribution is -0.107. The van der Waals surface area contributed by atoms with Gasteiger partial charge in [0.1, 0.15) is 12.1 Å². The SMILES string of the molecule is Cc1ccc(SC(C=O)Cc2ccc(F)cc2)cc1. The zero-order valence-corrected chi connectivity index (χ0v) is 11.5. The highest BCUT2D eigenvalue weighted by atomic mass is 32.2. The van der Waals surface area contributed by atoms with Gasteiger partial charge >= 0.3 is 0 Å². The van der Waals surface area contributed by atoms with Gasteiger partial charge in [0.05, 0.1) is 5.25 Å². The van der Waals surface area contributed by atoms with Crippen molar-refractivity contribution in [3.05, 3.63) is 65.5 Å². The van der Waals surface area contributed by atoms with Crippen molar-refractivity contribution in [3.8, 4) is 0 Å². The van der Waals surface area contributed by atoms with E-state index in [1.807, 2.05) is 31.2 Å². The van der Waals surface area contributed by atoms with Gasteiger partial charge in [-0.25, -0.2) is 4.39 Å². The third-order valence-electron chi connectivity index (χ3n) is 2.81. The number of aldehydes is 1. The third-order valence-corrected chi connectivity index (χ3v) is 3.94. The van der Waals surface area contributed by atoms with Gasteiger partial charge in [0.25, 0.3) is 0 Å². The maximum atomic E-state index is 12.8. The Balaban J connectivity index is 2.02. The molecule has 0 aliphatic rings. The number of thioether (sulfide) groups is 1. The predicted octanol–water partition coefficient (Wildman–Crippen LogP) is 4.04. The van der Waals surface area contributed by atoms with Crippen LogP contribution in [0.5, 0.6) is 0 Å². The highest BCUT2D eigenvalue weighted by Crippen LogP contribution is 2.25. The van der Waals surface area contributed by atoms with Crippen molar-refractivity contribution >= 4 is 18.0 Å². The lowest BCUT2D eigenvalue weighted by atomic mass is 10.1. The number of hydrogen-bond acceptors (Lipinski definition) is 2. The van der Waals surface area contributed by atoms with E-state index in [2.05, 4.69) is 0 Å². The van der Waals surface area contributed by atoms with Crippen molar-refractivity contribution in [1.29, 1.82) is 0 Å². The van der Waals surface area contributed by atoms with Crippen LogP contribution in [0.4, 0.5) is 4.39 Å². The molecule has 0 saturated heterocycles. The number of carbonyl (C=O) groups is 1. The molecule has 0 fully saturated rings. The van der Waals surface area contributed by atoms with Crippen molar-refractivity contribution in [2.24, 2.45) is 0 Å². The number of carbonyl (C=O) groups excluding carboxylic acids is 1. The molecule has 98 valence electrons. The van der Waals surface area contributed by atoms with E-state index in [4.69, 9.17) is 0 Å². The Labute approximate surface area is 116 Å². The molecule has 0 N–H and O–H groups in total. The second kappa shape index (κ2) is 6.53. The first kappa shape index (κ1) is 13.8. The number of rotatable bonds is 5. The van der Waals surface area contributed by atoms with Crippen LogP contribution < -0.4 is 0 Å². The van der Waals surface area contributed by atoms with Crippen molar-refractivity contribution in [1.82, 2.24) is 0 Å². The molecule has 1 nitrogen and oxygen atoms in total. The molecule has 0 bridgehead atoms. The van der Waals surface area contributed by atoms with Crippen molar-refractivity contribution in [3.63, 3.8) is 0 Å². The van der Waals surface area contributed by atoms with Gasteiger partial charge in [-0.1, -0.05) is 29.8 Å². The zero-order chi connectivity index (χ0) is 13.7. The largest absolute Gasteiger partial charge is 0.302 e. The van der Waals surface area contributed by atoms with Crippen LogP contribution in [-0.4, -0.2) is 11.5 Å². The summed E-state index contributed by atoms with van der Waals surface area (Å²) >= 11 is 1.53. The molecule has 1 unspecified atom stereocenters. The zero-order valence-electron chi connectivity index (χ0n) is 10.7. The van der Waals surface area contributed by atoms with Gasteiger partial charge < -0.3 is 4.79 Å².